The van der Waals surface area contributed by atoms with Gasteiger partial charge in [-0.1, -0.05) is 36.2 Å². The number of halogens is 2. The van der Waals surface area contributed by atoms with Crippen molar-refractivity contribution in [3.8, 4) is 0 Å². The maximum atomic E-state index is 12.0. The summed E-state index contributed by atoms with van der Waals surface area (Å²) >= 11 is 12.0. The lowest BCUT2D eigenvalue weighted by atomic mass is 9.99. The highest BCUT2D eigenvalue weighted by molar-refractivity contribution is 6.35. The van der Waals surface area contributed by atoms with Gasteiger partial charge in [0.2, 0.25) is 5.91 Å². The summed E-state index contributed by atoms with van der Waals surface area (Å²) in [5, 5.41) is 4.53. The van der Waals surface area contributed by atoms with Crippen molar-refractivity contribution in [1.82, 2.24) is 10.2 Å². The Labute approximate surface area is 136 Å². The summed E-state index contributed by atoms with van der Waals surface area (Å²) in [4.78, 5) is 14.0. The zero-order valence-corrected chi connectivity index (χ0v) is 13.9. The lowest BCUT2D eigenvalue weighted by Gasteiger charge is -2.30. The van der Waals surface area contributed by atoms with Gasteiger partial charge in [-0.2, -0.15) is 0 Å². The average molecular weight is 329 g/mol. The van der Waals surface area contributed by atoms with Gasteiger partial charge >= 0.3 is 0 Å². The van der Waals surface area contributed by atoms with E-state index in [9.17, 15) is 4.79 Å². The van der Waals surface area contributed by atoms with Gasteiger partial charge in [0.15, 0.2) is 0 Å². The number of benzene rings is 1. The molecule has 0 bridgehead atoms. The molecule has 1 saturated heterocycles. The van der Waals surface area contributed by atoms with Crippen LogP contribution in [0.5, 0.6) is 0 Å². The molecule has 2 rings (SSSR count). The fourth-order valence-electron chi connectivity index (χ4n) is 2.51. The van der Waals surface area contributed by atoms with Crippen molar-refractivity contribution in [2.24, 2.45) is 5.92 Å². The molecule has 1 heterocycles. The van der Waals surface area contributed by atoms with E-state index in [1.54, 1.807) is 6.07 Å². The molecule has 1 aliphatic heterocycles. The maximum absolute atomic E-state index is 12.0. The zero-order chi connectivity index (χ0) is 15.2. The molecular weight excluding hydrogens is 307 g/mol. The van der Waals surface area contributed by atoms with Crippen LogP contribution in [0.15, 0.2) is 18.2 Å². The summed E-state index contributed by atoms with van der Waals surface area (Å²) in [5.41, 5.74) is 1.05. The number of carbonyl (C=O) groups excluding carboxylic acids is 1. The summed E-state index contributed by atoms with van der Waals surface area (Å²) < 4.78 is 0. The highest BCUT2D eigenvalue weighted by Crippen LogP contribution is 2.21. The Kier molecular flexibility index (Phi) is 6.34. The Balaban J connectivity index is 1.68. The number of hydrogen-bond acceptors (Lipinski definition) is 2. The molecule has 21 heavy (non-hydrogen) atoms. The SMILES string of the molecule is CC1CCN(C(=O)CNCCc2ccc(Cl)cc2Cl)CC1. The monoisotopic (exact) mass is 328 g/mol. The standard InChI is InChI=1S/C16H22Cl2N2O/c1-12-5-8-20(9-6-12)16(21)11-19-7-4-13-2-3-14(17)10-15(13)18/h2-3,10,12,19H,4-9,11H2,1H3. The van der Waals surface area contributed by atoms with Crippen molar-refractivity contribution in [2.45, 2.75) is 26.2 Å². The predicted molar refractivity (Wildman–Crippen MR) is 88.0 cm³/mol. The highest BCUT2D eigenvalue weighted by atomic mass is 35.5. The van der Waals surface area contributed by atoms with E-state index in [1.165, 1.54) is 0 Å². The molecule has 1 fully saturated rings. The third-order valence-corrected chi connectivity index (χ3v) is 4.59. The third-order valence-electron chi connectivity index (χ3n) is 4.00. The summed E-state index contributed by atoms with van der Waals surface area (Å²) in [6, 6.07) is 5.52. The number of piperidine rings is 1. The van der Waals surface area contributed by atoms with Gasteiger partial charge < -0.3 is 10.2 Å². The van der Waals surface area contributed by atoms with Gasteiger partial charge in [0.05, 0.1) is 6.54 Å². The van der Waals surface area contributed by atoms with Crippen LogP contribution in [0.1, 0.15) is 25.3 Å². The van der Waals surface area contributed by atoms with E-state index in [-0.39, 0.29) is 5.91 Å². The quantitative estimate of drug-likeness (QED) is 0.840. The minimum absolute atomic E-state index is 0.198. The molecule has 0 atom stereocenters. The zero-order valence-electron chi connectivity index (χ0n) is 12.4. The van der Waals surface area contributed by atoms with Gasteiger partial charge in [-0.15, -0.1) is 0 Å². The van der Waals surface area contributed by atoms with Crippen LogP contribution in [0.25, 0.3) is 0 Å². The minimum atomic E-state index is 0.198. The Bertz CT molecular complexity index is 485. The Morgan fingerprint density at radius 3 is 2.71 bits per heavy atom. The highest BCUT2D eigenvalue weighted by Gasteiger charge is 2.19. The first-order chi connectivity index (χ1) is 10.1. The van der Waals surface area contributed by atoms with Crippen molar-refractivity contribution in [3.05, 3.63) is 33.8 Å². The molecule has 5 heteroatoms. The summed E-state index contributed by atoms with van der Waals surface area (Å²) in [7, 11) is 0. The molecule has 0 aromatic heterocycles. The first kappa shape index (κ1) is 16.6. The van der Waals surface area contributed by atoms with Gasteiger partial charge in [-0.25, -0.2) is 0 Å². The van der Waals surface area contributed by atoms with Crippen LogP contribution in [0.4, 0.5) is 0 Å². The molecule has 1 aromatic carbocycles. The molecule has 1 aromatic rings. The number of hydrogen-bond donors (Lipinski definition) is 1. The molecule has 1 aliphatic rings. The maximum Gasteiger partial charge on any atom is 0.236 e. The molecule has 0 radical (unpaired) electrons. The van der Waals surface area contributed by atoms with E-state index in [1.807, 2.05) is 17.0 Å². The molecule has 0 aliphatic carbocycles. The van der Waals surface area contributed by atoms with Crippen molar-refractivity contribution in [1.29, 1.82) is 0 Å². The Hall–Kier alpha value is -0.770. The van der Waals surface area contributed by atoms with E-state index in [4.69, 9.17) is 23.2 Å². The normalized spacial score (nSPS) is 16.2. The lowest BCUT2D eigenvalue weighted by molar-refractivity contribution is -0.131. The average Bonchev–Trinajstić information content (AvgIpc) is 2.46. The summed E-state index contributed by atoms with van der Waals surface area (Å²) in [6.07, 6.45) is 3.03. The van der Waals surface area contributed by atoms with Gasteiger partial charge in [-0.3, -0.25) is 4.79 Å². The largest absolute Gasteiger partial charge is 0.342 e. The van der Waals surface area contributed by atoms with Crippen molar-refractivity contribution < 1.29 is 4.79 Å². The topological polar surface area (TPSA) is 32.3 Å². The second-order valence-electron chi connectivity index (χ2n) is 5.73. The summed E-state index contributed by atoms with van der Waals surface area (Å²) in [5.74, 6) is 0.943. The molecule has 116 valence electrons. The van der Waals surface area contributed by atoms with Crippen LogP contribution >= 0.6 is 23.2 Å². The van der Waals surface area contributed by atoms with Gasteiger partial charge in [0.25, 0.3) is 0 Å². The van der Waals surface area contributed by atoms with E-state index in [0.29, 0.717) is 16.6 Å². The fraction of sp³-hybridized carbons (Fsp3) is 0.562. The number of amides is 1. The molecule has 1 N–H and O–H groups in total. The van der Waals surface area contributed by atoms with E-state index < -0.39 is 0 Å². The fourth-order valence-corrected chi connectivity index (χ4v) is 3.02. The second-order valence-corrected chi connectivity index (χ2v) is 6.57. The molecule has 0 spiro atoms. The molecule has 0 saturated carbocycles. The third kappa shape index (κ3) is 5.17. The first-order valence-corrected chi connectivity index (χ1v) is 8.24. The number of nitrogens with zero attached hydrogens (tertiary/aromatic N) is 1. The van der Waals surface area contributed by atoms with Crippen LogP contribution in [0, 0.1) is 5.92 Å². The van der Waals surface area contributed by atoms with Crippen LogP contribution in [0.3, 0.4) is 0 Å². The number of carbonyl (C=O) groups is 1. The molecule has 0 unspecified atom stereocenters. The van der Waals surface area contributed by atoms with Crippen molar-refractivity contribution in [3.63, 3.8) is 0 Å². The lowest BCUT2D eigenvalue weighted by Crippen LogP contribution is -2.42. The van der Waals surface area contributed by atoms with Crippen LogP contribution in [-0.2, 0) is 11.2 Å². The summed E-state index contributed by atoms with van der Waals surface area (Å²) in [6.45, 7) is 5.17. The minimum Gasteiger partial charge on any atom is -0.342 e. The Morgan fingerprint density at radius 2 is 2.05 bits per heavy atom. The number of rotatable bonds is 5. The van der Waals surface area contributed by atoms with Gasteiger partial charge in [0.1, 0.15) is 0 Å². The van der Waals surface area contributed by atoms with Gasteiger partial charge in [-0.05, 0) is 49.4 Å². The van der Waals surface area contributed by atoms with Crippen LogP contribution in [0.2, 0.25) is 10.0 Å². The van der Waals surface area contributed by atoms with E-state index >= 15 is 0 Å². The first-order valence-electron chi connectivity index (χ1n) is 7.48. The van der Waals surface area contributed by atoms with Gasteiger partial charge in [0, 0.05) is 23.1 Å². The molecular formula is C16H22Cl2N2O. The van der Waals surface area contributed by atoms with Crippen molar-refractivity contribution in [2.75, 3.05) is 26.2 Å². The van der Waals surface area contributed by atoms with Crippen molar-refractivity contribution >= 4 is 29.1 Å². The second kappa shape index (κ2) is 8.02. The Morgan fingerprint density at radius 1 is 1.33 bits per heavy atom. The smallest absolute Gasteiger partial charge is 0.236 e. The van der Waals surface area contributed by atoms with E-state index in [2.05, 4.69) is 12.2 Å². The van der Waals surface area contributed by atoms with E-state index in [0.717, 1.165) is 50.4 Å². The van der Waals surface area contributed by atoms with Crippen LogP contribution in [-0.4, -0.2) is 37.0 Å². The number of likely N-dealkylation sites (tertiary alicyclic amines) is 1. The number of nitrogens with one attached hydrogen (secondary N) is 1. The molecule has 3 nitrogen and oxygen atoms in total. The molecule has 1 amide bonds. The van der Waals surface area contributed by atoms with Crippen LogP contribution < -0.4 is 5.32 Å². The predicted octanol–water partition coefficient (Wildman–Crippen LogP) is 3.38.